The van der Waals surface area contributed by atoms with E-state index in [9.17, 15) is 5.11 Å². The Kier molecular flexibility index (Phi) is 4.74. The van der Waals surface area contributed by atoms with Gasteiger partial charge in [-0.3, -0.25) is 9.67 Å². The number of nitrogens with zero attached hydrogens (tertiary/aromatic N) is 3. The zero-order chi connectivity index (χ0) is 14.5. The van der Waals surface area contributed by atoms with E-state index in [1.165, 1.54) is 0 Å². The van der Waals surface area contributed by atoms with E-state index in [4.69, 9.17) is 4.74 Å². The van der Waals surface area contributed by atoms with Crippen molar-refractivity contribution in [3.63, 3.8) is 0 Å². The second-order valence-electron chi connectivity index (χ2n) is 5.00. The van der Waals surface area contributed by atoms with Gasteiger partial charge >= 0.3 is 0 Å². The van der Waals surface area contributed by atoms with Crippen LogP contribution in [0.15, 0.2) is 30.7 Å². The minimum Gasteiger partial charge on any atom is -0.489 e. The topological polar surface area (TPSA) is 60.2 Å². The van der Waals surface area contributed by atoms with Gasteiger partial charge in [-0.05, 0) is 32.4 Å². The summed E-state index contributed by atoms with van der Waals surface area (Å²) in [6.45, 7) is 6.78. The van der Waals surface area contributed by atoms with E-state index in [-0.39, 0.29) is 6.10 Å². The largest absolute Gasteiger partial charge is 0.489 e. The van der Waals surface area contributed by atoms with Crippen molar-refractivity contribution in [3.05, 3.63) is 42.0 Å². The molecule has 2 aromatic rings. The first-order chi connectivity index (χ1) is 9.61. The first-order valence-corrected chi connectivity index (χ1v) is 6.93. The third kappa shape index (κ3) is 3.36. The Morgan fingerprint density at radius 3 is 2.85 bits per heavy atom. The molecule has 0 saturated carbocycles. The fourth-order valence-electron chi connectivity index (χ4n) is 2.07. The van der Waals surface area contributed by atoms with E-state index >= 15 is 0 Å². The number of aliphatic hydroxyl groups excluding tert-OH is 1. The van der Waals surface area contributed by atoms with Gasteiger partial charge in [-0.1, -0.05) is 6.92 Å². The van der Waals surface area contributed by atoms with Crippen molar-refractivity contribution in [3.8, 4) is 5.75 Å². The van der Waals surface area contributed by atoms with Gasteiger partial charge in [-0.2, -0.15) is 5.10 Å². The second-order valence-corrected chi connectivity index (χ2v) is 5.00. The highest BCUT2D eigenvalue weighted by molar-refractivity contribution is 5.29. The van der Waals surface area contributed by atoms with Crippen LogP contribution in [0.3, 0.4) is 0 Å². The summed E-state index contributed by atoms with van der Waals surface area (Å²) in [4.78, 5) is 4.13. The van der Waals surface area contributed by atoms with Gasteiger partial charge in [-0.25, -0.2) is 0 Å². The number of hydrogen-bond donors (Lipinski definition) is 1. The lowest BCUT2D eigenvalue weighted by Gasteiger charge is -2.15. The molecule has 0 saturated heterocycles. The molecule has 0 bridgehead atoms. The van der Waals surface area contributed by atoms with E-state index < -0.39 is 6.10 Å². The Morgan fingerprint density at radius 2 is 2.15 bits per heavy atom. The van der Waals surface area contributed by atoms with Crippen LogP contribution in [0, 0.1) is 0 Å². The number of aromatic nitrogens is 3. The fourth-order valence-corrected chi connectivity index (χ4v) is 2.07. The predicted octanol–water partition coefficient (Wildman–Crippen LogP) is 2.56. The number of hydrogen-bond acceptors (Lipinski definition) is 4. The van der Waals surface area contributed by atoms with Crippen molar-refractivity contribution < 1.29 is 9.84 Å². The van der Waals surface area contributed by atoms with Crippen LogP contribution < -0.4 is 4.74 Å². The Morgan fingerprint density at radius 1 is 1.35 bits per heavy atom. The summed E-state index contributed by atoms with van der Waals surface area (Å²) < 4.78 is 7.42. The molecule has 0 fully saturated rings. The van der Waals surface area contributed by atoms with E-state index in [1.54, 1.807) is 18.6 Å². The highest BCUT2D eigenvalue weighted by atomic mass is 16.5. The van der Waals surface area contributed by atoms with Gasteiger partial charge in [0.2, 0.25) is 0 Å². The Labute approximate surface area is 119 Å². The summed E-state index contributed by atoms with van der Waals surface area (Å²) in [7, 11) is 0. The minimum atomic E-state index is -0.743. The molecule has 108 valence electrons. The molecule has 0 radical (unpaired) electrons. The average molecular weight is 275 g/mol. The summed E-state index contributed by atoms with van der Waals surface area (Å²) in [6, 6.07) is 3.65. The van der Waals surface area contributed by atoms with Crippen molar-refractivity contribution >= 4 is 0 Å². The lowest BCUT2D eigenvalue weighted by Crippen LogP contribution is -2.11. The van der Waals surface area contributed by atoms with Gasteiger partial charge in [0.15, 0.2) is 0 Å². The van der Waals surface area contributed by atoms with E-state index in [0.29, 0.717) is 11.3 Å². The standard InChI is InChI=1S/C15H21N3O2/c1-4-7-18-14(5-6-17-18)15(19)12-8-13(10-16-9-12)20-11(2)3/h5-6,8-11,15,19H,4,7H2,1-3H3. The number of aryl methyl sites for hydroxylation is 1. The van der Waals surface area contributed by atoms with Gasteiger partial charge in [-0.15, -0.1) is 0 Å². The first-order valence-electron chi connectivity index (χ1n) is 6.93. The van der Waals surface area contributed by atoms with Crippen LogP contribution in [0.25, 0.3) is 0 Å². The van der Waals surface area contributed by atoms with Crippen LogP contribution in [0.1, 0.15) is 44.6 Å². The molecular weight excluding hydrogens is 254 g/mol. The summed E-state index contributed by atoms with van der Waals surface area (Å²) in [6.07, 6.45) is 5.31. The van der Waals surface area contributed by atoms with Gasteiger partial charge in [0.05, 0.1) is 18.0 Å². The van der Waals surface area contributed by atoms with Crippen molar-refractivity contribution in [1.82, 2.24) is 14.8 Å². The molecule has 0 aliphatic rings. The highest BCUT2D eigenvalue weighted by Crippen LogP contribution is 2.24. The van der Waals surface area contributed by atoms with Crippen LogP contribution in [-0.4, -0.2) is 26.0 Å². The van der Waals surface area contributed by atoms with Gasteiger partial charge in [0.1, 0.15) is 11.9 Å². The van der Waals surface area contributed by atoms with Crippen LogP contribution in [0.5, 0.6) is 5.75 Å². The van der Waals surface area contributed by atoms with Crippen LogP contribution in [0.2, 0.25) is 0 Å². The summed E-state index contributed by atoms with van der Waals surface area (Å²) in [5, 5.41) is 14.7. The smallest absolute Gasteiger partial charge is 0.138 e. The van der Waals surface area contributed by atoms with Crippen LogP contribution >= 0.6 is 0 Å². The maximum atomic E-state index is 10.5. The van der Waals surface area contributed by atoms with Crippen molar-refractivity contribution in [2.45, 2.75) is 45.9 Å². The molecule has 2 heterocycles. The zero-order valence-corrected chi connectivity index (χ0v) is 12.2. The molecule has 1 unspecified atom stereocenters. The van der Waals surface area contributed by atoms with Gasteiger partial charge < -0.3 is 9.84 Å². The predicted molar refractivity (Wildman–Crippen MR) is 76.6 cm³/mol. The normalized spacial score (nSPS) is 12.7. The minimum absolute atomic E-state index is 0.0785. The van der Waals surface area contributed by atoms with E-state index in [2.05, 4.69) is 17.0 Å². The number of aliphatic hydroxyl groups is 1. The summed E-state index contributed by atoms with van der Waals surface area (Å²) >= 11 is 0. The zero-order valence-electron chi connectivity index (χ0n) is 12.2. The third-order valence-electron chi connectivity index (χ3n) is 2.89. The second kappa shape index (κ2) is 6.52. The molecule has 0 aliphatic heterocycles. The molecule has 1 atom stereocenters. The maximum Gasteiger partial charge on any atom is 0.138 e. The summed E-state index contributed by atoms with van der Waals surface area (Å²) in [5.74, 6) is 0.665. The molecular formula is C15H21N3O2. The molecule has 0 spiro atoms. The van der Waals surface area contributed by atoms with Crippen LogP contribution in [-0.2, 0) is 6.54 Å². The number of rotatable bonds is 6. The average Bonchev–Trinajstić information content (AvgIpc) is 2.86. The Bertz CT molecular complexity index is 552. The fraction of sp³-hybridized carbons (Fsp3) is 0.467. The molecule has 0 aromatic carbocycles. The number of ether oxygens (including phenoxy) is 1. The Hall–Kier alpha value is -1.88. The number of pyridine rings is 1. The van der Waals surface area contributed by atoms with Crippen molar-refractivity contribution in [2.24, 2.45) is 0 Å². The molecule has 0 aliphatic carbocycles. The lowest BCUT2D eigenvalue weighted by atomic mass is 10.1. The summed E-state index contributed by atoms with van der Waals surface area (Å²) in [5.41, 5.74) is 1.48. The van der Waals surface area contributed by atoms with Gasteiger partial charge in [0, 0.05) is 24.5 Å². The Balaban J connectivity index is 2.23. The highest BCUT2D eigenvalue weighted by Gasteiger charge is 2.16. The molecule has 1 N–H and O–H groups in total. The van der Waals surface area contributed by atoms with Crippen molar-refractivity contribution in [2.75, 3.05) is 0 Å². The molecule has 2 aromatic heterocycles. The molecule has 2 rings (SSSR count). The van der Waals surface area contributed by atoms with Crippen LogP contribution in [0.4, 0.5) is 0 Å². The first kappa shape index (κ1) is 14.5. The van der Waals surface area contributed by atoms with E-state index in [0.717, 1.165) is 18.7 Å². The SMILES string of the molecule is CCCn1nccc1C(O)c1cncc(OC(C)C)c1. The molecule has 5 heteroatoms. The molecule has 20 heavy (non-hydrogen) atoms. The van der Waals surface area contributed by atoms with Crippen molar-refractivity contribution in [1.29, 1.82) is 0 Å². The monoisotopic (exact) mass is 275 g/mol. The lowest BCUT2D eigenvalue weighted by molar-refractivity contribution is 0.204. The quantitative estimate of drug-likeness (QED) is 0.880. The molecule has 5 nitrogen and oxygen atoms in total. The van der Waals surface area contributed by atoms with Gasteiger partial charge in [0.25, 0.3) is 0 Å². The third-order valence-corrected chi connectivity index (χ3v) is 2.89. The molecule has 0 amide bonds. The van der Waals surface area contributed by atoms with E-state index in [1.807, 2.05) is 30.7 Å². The maximum absolute atomic E-state index is 10.5.